The van der Waals surface area contributed by atoms with Gasteiger partial charge in [0.15, 0.2) is 5.69 Å². The summed E-state index contributed by atoms with van der Waals surface area (Å²) in [5.74, 6) is -2.38. The van der Waals surface area contributed by atoms with Gasteiger partial charge < -0.3 is 16.0 Å². The Labute approximate surface area is 245 Å². The van der Waals surface area contributed by atoms with Crippen LogP contribution in [0.5, 0.6) is 0 Å². The smallest absolute Gasteiger partial charge is 0.269 e. The van der Waals surface area contributed by atoms with Gasteiger partial charge in [0.2, 0.25) is 11.8 Å². The second kappa shape index (κ2) is 11.8. The van der Waals surface area contributed by atoms with Crippen LogP contribution in [0.4, 0.5) is 10.1 Å². The van der Waals surface area contributed by atoms with Crippen molar-refractivity contribution in [2.75, 3.05) is 11.3 Å². The number of carbonyl (C=O) groups is 3. The number of amides is 3. The molecule has 1 aliphatic carbocycles. The first-order valence-electron chi connectivity index (χ1n) is 12.9. The van der Waals surface area contributed by atoms with Crippen LogP contribution in [0.15, 0.2) is 71.6 Å². The van der Waals surface area contributed by atoms with Crippen LogP contribution < -0.4 is 15.8 Å². The van der Waals surface area contributed by atoms with Crippen LogP contribution in [0.25, 0.3) is 10.9 Å². The highest BCUT2D eigenvalue weighted by molar-refractivity contribution is 7.92. The highest BCUT2D eigenvalue weighted by atomic mass is 35.5. The molecule has 11 nitrogen and oxygen atoms in total. The van der Waals surface area contributed by atoms with Crippen LogP contribution in [0.2, 0.25) is 5.02 Å². The van der Waals surface area contributed by atoms with Gasteiger partial charge in [0.05, 0.1) is 22.0 Å². The molecule has 1 heterocycles. The van der Waals surface area contributed by atoms with Crippen molar-refractivity contribution in [2.45, 2.75) is 36.9 Å². The lowest BCUT2D eigenvalue weighted by Crippen LogP contribution is -2.43. The molecular formula is C28H26ClFN6O5S. The highest BCUT2D eigenvalue weighted by Gasteiger charge is 2.34. The van der Waals surface area contributed by atoms with Crippen LogP contribution in [0, 0.1) is 5.82 Å². The first kappa shape index (κ1) is 29.0. The van der Waals surface area contributed by atoms with E-state index in [-0.39, 0.29) is 57.9 Å². The number of sulfonamides is 1. The average molecular weight is 613 g/mol. The fraction of sp³-hybridized carbons (Fsp3) is 0.214. The minimum absolute atomic E-state index is 0.0565. The van der Waals surface area contributed by atoms with E-state index in [1.54, 1.807) is 24.3 Å². The Kier molecular flexibility index (Phi) is 8.14. The fourth-order valence-corrected chi connectivity index (χ4v) is 5.74. The van der Waals surface area contributed by atoms with Crippen LogP contribution >= 0.6 is 11.6 Å². The molecule has 5 rings (SSSR count). The number of anilines is 1. The van der Waals surface area contributed by atoms with Gasteiger partial charge in [-0.1, -0.05) is 41.9 Å². The molecule has 1 aliphatic rings. The quantitative estimate of drug-likeness (QED) is 0.236. The molecule has 1 saturated carbocycles. The van der Waals surface area contributed by atoms with Gasteiger partial charge in [-0.3, -0.25) is 23.8 Å². The van der Waals surface area contributed by atoms with E-state index in [0.29, 0.717) is 5.52 Å². The molecule has 0 atom stereocenters. The summed E-state index contributed by atoms with van der Waals surface area (Å²) < 4.78 is 43.5. The Morgan fingerprint density at radius 2 is 1.81 bits per heavy atom. The lowest BCUT2D eigenvalue weighted by atomic mass is 10.2. The third-order valence-electron chi connectivity index (χ3n) is 6.70. The number of rotatable bonds is 11. The van der Waals surface area contributed by atoms with E-state index in [1.807, 2.05) is 0 Å². The van der Waals surface area contributed by atoms with Gasteiger partial charge in [-0.25, -0.2) is 12.8 Å². The lowest BCUT2D eigenvalue weighted by Gasteiger charge is -2.22. The first-order valence-corrected chi connectivity index (χ1v) is 14.8. The minimum atomic E-state index is -3.90. The van der Waals surface area contributed by atoms with Gasteiger partial charge in [0, 0.05) is 29.2 Å². The fourth-order valence-electron chi connectivity index (χ4n) is 4.47. The summed E-state index contributed by atoms with van der Waals surface area (Å²) in [5, 5.41) is 7.03. The number of fused-ring (bicyclic) bond motifs is 1. The number of nitrogens with one attached hydrogen (secondary N) is 2. The van der Waals surface area contributed by atoms with E-state index in [2.05, 4.69) is 15.1 Å². The lowest BCUT2D eigenvalue weighted by molar-refractivity contribution is -0.137. The van der Waals surface area contributed by atoms with Crippen LogP contribution in [0.3, 0.4) is 0 Å². The molecule has 0 aliphatic heterocycles. The number of nitrogens with two attached hydrogens (primary N) is 1. The van der Waals surface area contributed by atoms with Crippen molar-refractivity contribution < 1.29 is 27.2 Å². The molecule has 0 radical (unpaired) electrons. The Balaban J connectivity index is 1.32. The molecule has 0 bridgehead atoms. The van der Waals surface area contributed by atoms with Gasteiger partial charge in [-0.15, -0.1) is 0 Å². The topological polar surface area (TPSA) is 156 Å². The van der Waals surface area contributed by atoms with E-state index in [9.17, 15) is 27.2 Å². The van der Waals surface area contributed by atoms with E-state index < -0.39 is 33.6 Å². The SMILES string of the molecule is NC(=O)c1nn(CC(=O)N(CC(=O)NCc2cccc(Cl)c2F)C2CC2)c2ccc(NS(=O)(=O)c3ccccc3)cc12. The summed E-state index contributed by atoms with van der Waals surface area (Å²) in [7, 11) is -3.90. The van der Waals surface area contributed by atoms with Crippen molar-refractivity contribution in [3.05, 3.63) is 88.8 Å². The maximum atomic E-state index is 14.2. The standard InChI is InChI=1S/C28H26ClFN6O5S/c29-22-8-4-5-17(26(22)30)14-32-24(37)15-35(19-10-11-19)25(38)16-36-23-12-9-18(13-21(23)27(33-36)28(31)39)34-42(40,41)20-6-2-1-3-7-20/h1-9,12-13,19,34H,10-11,14-16H2,(H2,31,39)(H,32,37). The third kappa shape index (κ3) is 6.37. The predicted octanol–water partition coefficient (Wildman–Crippen LogP) is 3.04. The van der Waals surface area contributed by atoms with E-state index >= 15 is 0 Å². The predicted molar refractivity (Wildman–Crippen MR) is 153 cm³/mol. The largest absolute Gasteiger partial charge is 0.364 e. The zero-order chi connectivity index (χ0) is 30.0. The maximum absolute atomic E-state index is 14.2. The van der Waals surface area contributed by atoms with Gasteiger partial charge >= 0.3 is 0 Å². The summed E-state index contributed by atoms with van der Waals surface area (Å²) in [6.45, 7) is -0.648. The Morgan fingerprint density at radius 1 is 1.07 bits per heavy atom. The molecule has 4 N–H and O–H groups in total. The van der Waals surface area contributed by atoms with E-state index in [4.69, 9.17) is 17.3 Å². The van der Waals surface area contributed by atoms with Crippen LogP contribution in [-0.4, -0.2) is 53.4 Å². The van der Waals surface area contributed by atoms with Crippen molar-refractivity contribution in [3.8, 4) is 0 Å². The van der Waals surface area contributed by atoms with E-state index in [0.717, 1.165) is 12.8 Å². The van der Waals surface area contributed by atoms with E-state index in [1.165, 1.54) is 52.0 Å². The maximum Gasteiger partial charge on any atom is 0.269 e. The molecule has 42 heavy (non-hydrogen) atoms. The number of carbonyl (C=O) groups excluding carboxylic acids is 3. The van der Waals surface area contributed by atoms with Gasteiger partial charge in [0.1, 0.15) is 12.4 Å². The highest BCUT2D eigenvalue weighted by Crippen LogP contribution is 2.28. The molecule has 14 heteroatoms. The second-order valence-corrected chi connectivity index (χ2v) is 11.9. The molecule has 218 valence electrons. The number of benzene rings is 3. The molecule has 0 saturated heterocycles. The van der Waals surface area contributed by atoms with Crippen molar-refractivity contribution >= 4 is 55.9 Å². The number of halogens is 2. The number of primary amides is 1. The molecule has 0 unspecified atom stereocenters. The number of hydrogen-bond donors (Lipinski definition) is 3. The van der Waals surface area contributed by atoms with Crippen molar-refractivity contribution in [3.63, 3.8) is 0 Å². The molecular weight excluding hydrogens is 587 g/mol. The average Bonchev–Trinajstić information content (AvgIpc) is 3.74. The number of hydrogen-bond acceptors (Lipinski definition) is 6. The van der Waals surface area contributed by atoms with Crippen LogP contribution in [-0.2, 0) is 32.7 Å². The molecule has 1 fully saturated rings. The molecule has 3 amide bonds. The van der Waals surface area contributed by atoms with Crippen molar-refractivity contribution in [1.82, 2.24) is 20.0 Å². The van der Waals surface area contributed by atoms with Gasteiger partial charge in [-0.05, 0) is 49.2 Å². The normalized spacial score (nSPS) is 13.1. The minimum Gasteiger partial charge on any atom is -0.364 e. The zero-order valence-corrected chi connectivity index (χ0v) is 23.7. The summed E-state index contributed by atoms with van der Waals surface area (Å²) in [6.07, 6.45) is 1.44. The zero-order valence-electron chi connectivity index (χ0n) is 22.1. The van der Waals surface area contributed by atoms with Crippen molar-refractivity contribution in [2.24, 2.45) is 5.73 Å². The monoisotopic (exact) mass is 612 g/mol. The Hall–Kier alpha value is -4.49. The summed E-state index contributed by atoms with van der Waals surface area (Å²) in [4.78, 5) is 39.7. The van der Waals surface area contributed by atoms with Gasteiger partial charge in [-0.2, -0.15) is 5.10 Å². The third-order valence-corrected chi connectivity index (χ3v) is 8.39. The number of aromatic nitrogens is 2. The molecule has 3 aromatic carbocycles. The number of nitrogens with zero attached hydrogens (tertiary/aromatic N) is 3. The van der Waals surface area contributed by atoms with Gasteiger partial charge in [0.25, 0.3) is 15.9 Å². The Bertz CT molecular complexity index is 1790. The molecule has 0 spiro atoms. The van der Waals surface area contributed by atoms with Crippen molar-refractivity contribution in [1.29, 1.82) is 0 Å². The first-order chi connectivity index (χ1) is 20.0. The second-order valence-electron chi connectivity index (χ2n) is 9.76. The van der Waals surface area contributed by atoms with Crippen LogP contribution in [0.1, 0.15) is 28.9 Å². The summed E-state index contributed by atoms with van der Waals surface area (Å²) in [6, 6.07) is 16.5. The summed E-state index contributed by atoms with van der Waals surface area (Å²) in [5.41, 5.74) is 6.16. The Morgan fingerprint density at radius 3 is 2.50 bits per heavy atom. The summed E-state index contributed by atoms with van der Waals surface area (Å²) >= 11 is 5.80. The molecule has 4 aromatic rings. The molecule has 1 aromatic heterocycles.